The van der Waals surface area contributed by atoms with Gasteiger partial charge in [-0.1, -0.05) is 0 Å². The van der Waals surface area contributed by atoms with Gasteiger partial charge in [0.15, 0.2) is 11.5 Å². The molecule has 0 spiro atoms. The van der Waals surface area contributed by atoms with Gasteiger partial charge in [0.25, 0.3) is 5.91 Å². The number of benzene rings is 2. The normalized spacial score (nSPS) is 17.9. The fourth-order valence-electron chi connectivity index (χ4n) is 4.49. The first-order chi connectivity index (χ1) is 16.8. The highest BCUT2D eigenvalue weighted by Crippen LogP contribution is 2.35. The largest absolute Gasteiger partial charge is 0.493 e. The minimum Gasteiger partial charge on any atom is -0.493 e. The summed E-state index contributed by atoms with van der Waals surface area (Å²) in [5.41, 5.74) is 0.548. The minimum atomic E-state index is -0.813. The summed E-state index contributed by atoms with van der Waals surface area (Å²) >= 11 is 0. The number of methoxy groups -OCH3 is 2. The Labute approximate surface area is 201 Å². The van der Waals surface area contributed by atoms with Gasteiger partial charge >= 0.3 is 0 Å². The van der Waals surface area contributed by atoms with Gasteiger partial charge in [-0.3, -0.25) is 14.4 Å². The summed E-state index contributed by atoms with van der Waals surface area (Å²) in [4.78, 5) is 41.9. The Morgan fingerprint density at radius 3 is 2.20 bits per heavy atom. The van der Waals surface area contributed by atoms with E-state index in [1.54, 1.807) is 4.90 Å². The van der Waals surface area contributed by atoms with Crippen molar-refractivity contribution in [1.82, 2.24) is 4.90 Å². The van der Waals surface area contributed by atoms with Gasteiger partial charge < -0.3 is 24.6 Å². The van der Waals surface area contributed by atoms with Gasteiger partial charge in [-0.05, 0) is 37.5 Å². The highest BCUT2D eigenvalue weighted by atomic mass is 19.1. The lowest BCUT2D eigenvalue weighted by Crippen LogP contribution is -2.36. The van der Waals surface area contributed by atoms with E-state index in [1.165, 1.54) is 31.3 Å². The molecule has 0 aromatic heterocycles. The lowest BCUT2D eigenvalue weighted by Gasteiger charge is -2.28. The topological polar surface area (TPSA) is 88.2 Å². The molecule has 0 bridgehead atoms. The number of hydrogen-bond acceptors (Lipinski definition) is 5. The van der Waals surface area contributed by atoms with Gasteiger partial charge in [-0.15, -0.1) is 0 Å². The number of hydrogen-bond donors (Lipinski definition) is 1. The second kappa shape index (κ2) is 10.3. The summed E-state index contributed by atoms with van der Waals surface area (Å²) < 4.78 is 38.0. The number of piperidine rings is 1. The van der Waals surface area contributed by atoms with Gasteiger partial charge in [-0.2, -0.15) is 0 Å². The van der Waals surface area contributed by atoms with Crippen LogP contribution in [0.5, 0.6) is 11.5 Å². The predicted octanol–water partition coefficient (Wildman–Crippen LogP) is 3.60. The van der Waals surface area contributed by atoms with Crippen LogP contribution < -0.4 is 19.7 Å². The van der Waals surface area contributed by atoms with Crippen LogP contribution in [0.2, 0.25) is 0 Å². The van der Waals surface area contributed by atoms with Crippen LogP contribution in [0.1, 0.15) is 36.0 Å². The van der Waals surface area contributed by atoms with Crippen LogP contribution in [0.15, 0.2) is 30.3 Å². The zero-order chi connectivity index (χ0) is 25.1. The third-order valence-electron chi connectivity index (χ3n) is 6.31. The summed E-state index contributed by atoms with van der Waals surface area (Å²) in [6, 6.07) is 5.86. The van der Waals surface area contributed by atoms with Gasteiger partial charge in [0.05, 0.1) is 31.4 Å². The highest BCUT2D eigenvalue weighted by molar-refractivity contribution is 6.07. The first-order valence-electron chi connectivity index (χ1n) is 11.4. The predicted molar refractivity (Wildman–Crippen MR) is 125 cm³/mol. The average Bonchev–Trinajstić information content (AvgIpc) is 3.25. The molecule has 0 radical (unpaired) electrons. The summed E-state index contributed by atoms with van der Waals surface area (Å²) in [5.74, 6) is -2.87. The minimum absolute atomic E-state index is 0.0454. The van der Waals surface area contributed by atoms with E-state index >= 15 is 0 Å². The molecule has 8 nitrogen and oxygen atoms in total. The molecule has 0 saturated carbocycles. The monoisotopic (exact) mass is 487 g/mol. The number of anilines is 2. The van der Waals surface area contributed by atoms with Crippen molar-refractivity contribution in [2.75, 3.05) is 44.1 Å². The van der Waals surface area contributed by atoms with Crippen molar-refractivity contribution < 1.29 is 32.6 Å². The van der Waals surface area contributed by atoms with Gasteiger partial charge in [0.2, 0.25) is 11.8 Å². The number of halogens is 2. The van der Waals surface area contributed by atoms with Crippen molar-refractivity contribution in [1.29, 1.82) is 0 Å². The summed E-state index contributed by atoms with van der Waals surface area (Å²) in [5, 5.41) is 2.76. The molecule has 35 heavy (non-hydrogen) atoms. The third-order valence-corrected chi connectivity index (χ3v) is 6.31. The van der Waals surface area contributed by atoms with Crippen LogP contribution in [0.3, 0.4) is 0 Å². The maximum absolute atomic E-state index is 13.6. The molecule has 2 saturated heterocycles. The molecule has 2 fully saturated rings. The van der Waals surface area contributed by atoms with Gasteiger partial charge in [-0.25, -0.2) is 8.78 Å². The van der Waals surface area contributed by atoms with E-state index < -0.39 is 29.4 Å². The quantitative estimate of drug-likeness (QED) is 0.673. The molecule has 3 amide bonds. The maximum Gasteiger partial charge on any atom is 0.256 e. The molecule has 1 atom stereocenters. The Morgan fingerprint density at radius 1 is 0.943 bits per heavy atom. The standard InChI is InChI=1S/C25H27F2N3O5/c1-34-21-12-19(25(33)29-6-4-3-5-7-29)20(13-22(21)35-2)28-24(32)15-8-23(31)30(14-15)18-10-16(26)9-17(27)11-18/h9-13,15H,3-8,14H2,1-2H3,(H,28,32). The van der Waals surface area contributed by atoms with E-state index in [0.717, 1.165) is 31.4 Å². The van der Waals surface area contributed by atoms with Crippen molar-refractivity contribution in [3.05, 3.63) is 47.5 Å². The fraction of sp³-hybridized carbons (Fsp3) is 0.400. The number of amides is 3. The summed E-state index contributed by atoms with van der Waals surface area (Å²) in [6.45, 7) is 1.20. The second-order valence-corrected chi connectivity index (χ2v) is 8.63. The van der Waals surface area contributed by atoms with Gasteiger partial charge in [0, 0.05) is 43.9 Å². The number of carbonyl (C=O) groups is 3. The van der Waals surface area contributed by atoms with Crippen molar-refractivity contribution >= 4 is 29.1 Å². The molecule has 2 heterocycles. The number of ether oxygens (including phenoxy) is 2. The third kappa shape index (κ3) is 5.21. The molecule has 10 heteroatoms. The van der Waals surface area contributed by atoms with E-state index in [9.17, 15) is 23.2 Å². The molecule has 186 valence electrons. The summed E-state index contributed by atoms with van der Waals surface area (Å²) in [7, 11) is 2.90. The van der Waals surface area contributed by atoms with E-state index in [4.69, 9.17) is 9.47 Å². The van der Waals surface area contributed by atoms with Crippen LogP contribution in [0.4, 0.5) is 20.2 Å². The smallest absolute Gasteiger partial charge is 0.256 e. The molecule has 2 aromatic rings. The Bertz CT molecular complexity index is 1130. The fourth-order valence-corrected chi connectivity index (χ4v) is 4.49. The Hall–Kier alpha value is -3.69. The Kier molecular flexibility index (Phi) is 7.18. The van der Waals surface area contributed by atoms with Gasteiger partial charge in [0.1, 0.15) is 11.6 Å². The van der Waals surface area contributed by atoms with Crippen molar-refractivity contribution in [3.8, 4) is 11.5 Å². The van der Waals surface area contributed by atoms with Crippen LogP contribution in [-0.2, 0) is 9.59 Å². The second-order valence-electron chi connectivity index (χ2n) is 8.63. The zero-order valence-corrected chi connectivity index (χ0v) is 19.6. The number of nitrogens with zero attached hydrogens (tertiary/aromatic N) is 2. The number of likely N-dealkylation sites (tertiary alicyclic amines) is 1. The molecule has 1 unspecified atom stereocenters. The average molecular weight is 488 g/mol. The Morgan fingerprint density at radius 2 is 1.57 bits per heavy atom. The first-order valence-corrected chi connectivity index (χ1v) is 11.4. The Balaban J connectivity index is 1.58. The van der Waals surface area contributed by atoms with Crippen molar-refractivity contribution in [3.63, 3.8) is 0 Å². The molecular formula is C25H27F2N3O5. The maximum atomic E-state index is 13.6. The van der Waals surface area contributed by atoms with E-state index in [2.05, 4.69) is 5.32 Å². The molecule has 1 N–H and O–H groups in total. The van der Waals surface area contributed by atoms with Crippen LogP contribution in [0, 0.1) is 17.6 Å². The molecule has 2 aliphatic rings. The zero-order valence-electron chi connectivity index (χ0n) is 19.6. The SMILES string of the molecule is COc1cc(NC(=O)C2CC(=O)N(c3cc(F)cc(F)c3)C2)c(C(=O)N2CCCCC2)cc1OC. The van der Waals surface area contributed by atoms with Crippen molar-refractivity contribution in [2.24, 2.45) is 5.92 Å². The highest BCUT2D eigenvalue weighted by Gasteiger charge is 2.36. The van der Waals surface area contributed by atoms with Crippen LogP contribution >= 0.6 is 0 Å². The molecule has 2 aliphatic heterocycles. The first kappa shape index (κ1) is 24.4. The number of carbonyl (C=O) groups excluding carboxylic acids is 3. The van der Waals surface area contributed by atoms with E-state index in [1.807, 2.05) is 0 Å². The molecule has 2 aromatic carbocycles. The molecule has 0 aliphatic carbocycles. The summed E-state index contributed by atoms with van der Waals surface area (Å²) in [6.07, 6.45) is 2.73. The lowest BCUT2D eigenvalue weighted by molar-refractivity contribution is -0.122. The van der Waals surface area contributed by atoms with E-state index in [0.29, 0.717) is 30.7 Å². The van der Waals surface area contributed by atoms with E-state index in [-0.39, 0.29) is 35.8 Å². The lowest BCUT2D eigenvalue weighted by atomic mass is 10.0. The van der Waals surface area contributed by atoms with Crippen LogP contribution in [-0.4, -0.2) is 56.5 Å². The number of nitrogens with one attached hydrogen (secondary N) is 1. The van der Waals surface area contributed by atoms with Crippen molar-refractivity contribution in [2.45, 2.75) is 25.7 Å². The van der Waals surface area contributed by atoms with Crippen LogP contribution in [0.25, 0.3) is 0 Å². The molecule has 4 rings (SSSR count). The molecular weight excluding hydrogens is 460 g/mol. The number of rotatable bonds is 6.